The number of nitrogens with zero attached hydrogens (tertiary/aromatic N) is 1. The van der Waals surface area contributed by atoms with Crippen LogP contribution in [-0.2, 0) is 16.0 Å². The van der Waals surface area contributed by atoms with Crippen LogP contribution in [0, 0.1) is 0 Å². The summed E-state index contributed by atoms with van der Waals surface area (Å²) >= 11 is 3.59. The second-order valence-electron chi connectivity index (χ2n) is 6.38. The minimum Gasteiger partial charge on any atom is -0.405 e. The van der Waals surface area contributed by atoms with E-state index >= 15 is 0 Å². The van der Waals surface area contributed by atoms with E-state index in [2.05, 4.69) is 33.1 Å². The van der Waals surface area contributed by atoms with Crippen LogP contribution >= 0.6 is 15.9 Å². The highest BCUT2D eigenvalue weighted by Gasteiger charge is 2.42. The van der Waals surface area contributed by atoms with Crippen molar-refractivity contribution in [2.75, 3.05) is 0 Å². The number of hydrogen-bond acceptors (Lipinski definition) is 3. The van der Waals surface area contributed by atoms with Gasteiger partial charge in [-0.25, -0.2) is 9.79 Å². The van der Waals surface area contributed by atoms with E-state index in [-0.39, 0.29) is 5.97 Å². The molecule has 0 bridgehead atoms. The van der Waals surface area contributed by atoms with Crippen LogP contribution in [0.25, 0.3) is 10.8 Å². The largest absolute Gasteiger partial charge is 0.405 e. The Bertz CT molecular complexity index is 997. The maximum absolute atomic E-state index is 12.5. The Kier molecular flexibility index (Phi) is 3.92. The van der Waals surface area contributed by atoms with Crippen LogP contribution in [0.5, 0.6) is 0 Å². The number of carbonyl (C=O) groups is 1. The second-order valence-corrected chi connectivity index (χ2v) is 7.23. The van der Waals surface area contributed by atoms with Crippen LogP contribution in [-0.4, -0.2) is 17.4 Å². The summed E-state index contributed by atoms with van der Waals surface area (Å²) in [6.45, 7) is 1.84. The van der Waals surface area contributed by atoms with Crippen LogP contribution in [0.15, 0.2) is 76.2 Å². The molecule has 0 N–H and O–H groups in total. The van der Waals surface area contributed by atoms with Gasteiger partial charge in [-0.15, -0.1) is 0 Å². The van der Waals surface area contributed by atoms with Crippen molar-refractivity contribution in [3.05, 3.63) is 82.3 Å². The highest BCUT2D eigenvalue weighted by Crippen LogP contribution is 2.32. The average Bonchev–Trinajstić information content (AvgIpc) is 2.93. The molecule has 0 saturated carbocycles. The number of cyclic esters (lactones) is 1. The number of aliphatic imine (C=N–C) groups is 1. The molecule has 4 heteroatoms. The molecule has 1 atom stereocenters. The van der Waals surface area contributed by atoms with E-state index in [9.17, 15) is 4.79 Å². The number of rotatable bonds is 3. The zero-order chi connectivity index (χ0) is 17.4. The summed E-state index contributed by atoms with van der Waals surface area (Å²) < 4.78 is 6.51. The maximum atomic E-state index is 12.5. The molecule has 1 aliphatic rings. The Morgan fingerprint density at radius 3 is 2.40 bits per heavy atom. The van der Waals surface area contributed by atoms with Crippen LogP contribution < -0.4 is 0 Å². The molecule has 3 aromatic carbocycles. The number of hydrogen-bond donors (Lipinski definition) is 0. The van der Waals surface area contributed by atoms with Crippen molar-refractivity contribution in [2.24, 2.45) is 4.99 Å². The first-order chi connectivity index (χ1) is 12.1. The number of benzene rings is 3. The van der Waals surface area contributed by atoms with Crippen LogP contribution in [0.3, 0.4) is 0 Å². The van der Waals surface area contributed by atoms with Gasteiger partial charge < -0.3 is 4.74 Å². The fraction of sp³-hybridized carbons (Fsp3) is 0.143. The van der Waals surface area contributed by atoms with Gasteiger partial charge in [-0.3, -0.25) is 0 Å². The lowest BCUT2D eigenvalue weighted by molar-refractivity contribution is -0.138. The van der Waals surface area contributed by atoms with E-state index in [0.717, 1.165) is 26.4 Å². The molecule has 3 aromatic rings. The standard InChI is InChI=1S/C21H16BrNO2/c1-21(20(24)25-19(23-21)14-7-3-2-4-8-14)13-15-11-12-18(22)17-10-6-5-9-16(15)17/h2-12H,13H2,1H3/t21-/m0/s1. The van der Waals surface area contributed by atoms with Gasteiger partial charge in [0.2, 0.25) is 5.90 Å². The Labute approximate surface area is 154 Å². The van der Waals surface area contributed by atoms with Gasteiger partial charge in [0.15, 0.2) is 5.54 Å². The molecular formula is C21H16BrNO2. The first kappa shape index (κ1) is 16.0. The Hall–Kier alpha value is -2.46. The topological polar surface area (TPSA) is 38.7 Å². The summed E-state index contributed by atoms with van der Waals surface area (Å²) in [5, 5.41) is 2.25. The quantitative estimate of drug-likeness (QED) is 0.593. The maximum Gasteiger partial charge on any atom is 0.340 e. The first-order valence-corrected chi connectivity index (χ1v) is 8.90. The summed E-state index contributed by atoms with van der Waals surface area (Å²) in [6.07, 6.45) is 0.496. The smallest absolute Gasteiger partial charge is 0.340 e. The molecule has 1 aliphatic heterocycles. The molecule has 0 fully saturated rings. The minimum atomic E-state index is -0.915. The normalized spacial score (nSPS) is 19.8. The number of ether oxygens (including phenoxy) is 1. The average molecular weight is 394 g/mol. The van der Waals surface area contributed by atoms with Gasteiger partial charge in [-0.05, 0) is 41.5 Å². The molecule has 0 aliphatic carbocycles. The van der Waals surface area contributed by atoms with Crippen molar-refractivity contribution in [3.8, 4) is 0 Å². The van der Waals surface area contributed by atoms with Crippen molar-refractivity contribution in [1.29, 1.82) is 0 Å². The molecule has 0 aromatic heterocycles. The number of carbonyl (C=O) groups excluding carboxylic acids is 1. The van der Waals surface area contributed by atoms with Crippen molar-refractivity contribution in [3.63, 3.8) is 0 Å². The van der Waals surface area contributed by atoms with Gasteiger partial charge in [-0.1, -0.05) is 64.5 Å². The van der Waals surface area contributed by atoms with Gasteiger partial charge >= 0.3 is 5.97 Å². The van der Waals surface area contributed by atoms with E-state index in [0.29, 0.717) is 12.3 Å². The lowest BCUT2D eigenvalue weighted by Crippen LogP contribution is -2.32. The minimum absolute atomic E-state index is 0.307. The third-order valence-corrected chi connectivity index (χ3v) is 5.19. The monoisotopic (exact) mass is 393 g/mol. The van der Waals surface area contributed by atoms with Crippen LogP contribution in [0.4, 0.5) is 0 Å². The molecular weight excluding hydrogens is 378 g/mol. The molecule has 0 amide bonds. The van der Waals surface area contributed by atoms with Crippen molar-refractivity contribution in [2.45, 2.75) is 18.9 Å². The highest BCUT2D eigenvalue weighted by atomic mass is 79.9. The third-order valence-electron chi connectivity index (χ3n) is 4.49. The summed E-state index contributed by atoms with van der Waals surface area (Å²) in [4.78, 5) is 17.2. The Balaban J connectivity index is 1.74. The number of fused-ring (bicyclic) bond motifs is 1. The summed E-state index contributed by atoms with van der Waals surface area (Å²) in [6, 6.07) is 21.7. The van der Waals surface area contributed by atoms with Gasteiger partial charge in [0.05, 0.1) is 0 Å². The fourth-order valence-corrected chi connectivity index (χ4v) is 3.63. The van der Waals surface area contributed by atoms with Crippen LogP contribution in [0.1, 0.15) is 18.1 Å². The predicted molar refractivity (Wildman–Crippen MR) is 103 cm³/mol. The Morgan fingerprint density at radius 2 is 1.64 bits per heavy atom. The highest BCUT2D eigenvalue weighted by molar-refractivity contribution is 9.10. The van der Waals surface area contributed by atoms with Gasteiger partial charge in [0, 0.05) is 16.5 Å². The molecule has 0 saturated heterocycles. The molecule has 0 spiro atoms. The Morgan fingerprint density at radius 1 is 0.960 bits per heavy atom. The zero-order valence-electron chi connectivity index (χ0n) is 13.7. The summed E-state index contributed by atoms with van der Waals surface area (Å²) in [5.41, 5.74) is 0.985. The van der Waals surface area contributed by atoms with E-state index in [4.69, 9.17) is 4.74 Å². The van der Waals surface area contributed by atoms with Gasteiger partial charge in [-0.2, -0.15) is 0 Å². The van der Waals surface area contributed by atoms with E-state index in [1.807, 2.05) is 61.5 Å². The van der Waals surface area contributed by atoms with Crippen molar-refractivity contribution < 1.29 is 9.53 Å². The molecule has 4 rings (SSSR count). The van der Waals surface area contributed by atoms with E-state index in [1.54, 1.807) is 0 Å². The lowest BCUT2D eigenvalue weighted by Gasteiger charge is -2.18. The van der Waals surface area contributed by atoms with Crippen molar-refractivity contribution >= 4 is 38.6 Å². The zero-order valence-corrected chi connectivity index (χ0v) is 15.3. The van der Waals surface area contributed by atoms with E-state index < -0.39 is 5.54 Å². The molecule has 124 valence electrons. The predicted octanol–water partition coefficient (Wildman–Crippen LogP) is 4.91. The lowest BCUT2D eigenvalue weighted by atomic mass is 9.91. The molecule has 3 nitrogen and oxygen atoms in total. The SMILES string of the molecule is C[C@@]1(Cc2ccc(Br)c3ccccc23)N=C(c2ccccc2)OC1=O. The number of halogens is 1. The molecule has 0 unspecified atom stereocenters. The molecule has 0 radical (unpaired) electrons. The van der Waals surface area contributed by atoms with Crippen LogP contribution in [0.2, 0.25) is 0 Å². The molecule has 25 heavy (non-hydrogen) atoms. The van der Waals surface area contributed by atoms with Gasteiger partial charge in [0.25, 0.3) is 0 Å². The summed E-state index contributed by atoms with van der Waals surface area (Å²) in [5.74, 6) is 0.0906. The molecule has 1 heterocycles. The fourth-order valence-electron chi connectivity index (χ4n) is 3.16. The number of esters is 1. The second kappa shape index (κ2) is 6.12. The van der Waals surface area contributed by atoms with Crippen molar-refractivity contribution in [1.82, 2.24) is 0 Å². The first-order valence-electron chi connectivity index (χ1n) is 8.10. The third kappa shape index (κ3) is 2.87. The van der Waals surface area contributed by atoms with Gasteiger partial charge in [0.1, 0.15) is 0 Å². The van der Waals surface area contributed by atoms with E-state index in [1.165, 1.54) is 0 Å². The summed E-state index contributed by atoms with van der Waals surface area (Å²) in [7, 11) is 0.